The Morgan fingerprint density at radius 1 is 1.10 bits per heavy atom. The lowest BCUT2D eigenvalue weighted by atomic mass is 10.1. The highest BCUT2D eigenvalue weighted by Gasteiger charge is 2.34. The summed E-state index contributed by atoms with van der Waals surface area (Å²) in [6, 6.07) is 10.6. The van der Waals surface area contributed by atoms with Crippen molar-refractivity contribution in [2.45, 2.75) is 16.4 Å². The number of methoxy groups -OCH3 is 2. The fourth-order valence-corrected chi connectivity index (χ4v) is 2.98. The Kier molecular flexibility index (Phi) is 8.78. The first-order valence-corrected chi connectivity index (χ1v) is 10.1. The maximum absolute atomic E-state index is 13.0. The number of halogens is 4. The first-order chi connectivity index (χ1) is 14.1. The lowest BCUT2D eigenvalue weighted by Crippen LogP contribution is -2.56. The van der Waals surface area contributed by atoms with Crippen LogP contribution in [0.5, 0.6) is 11.5 Å². The van der Waals surface area contributed by atoms with E-state index in [9.17, 15) is 9.18 Å². The molecule has 0 saturated carbocycles. The summed E-state index contributed by atoms with van der Waals surface area (Å²) < 4.78 is 21.5. The molecule has 0 heterocycles. The smallest absolute Gasteiger partial charge is 0.228 e. The summed E-state index contributed by atoms with van der Waals surface area (Å²) in [6.07, 6.45) is -1.18. The Morgan fingerprint density at radius 3 is 2.33 bits per heavy atom. The van der Waals surface area contributed by atoms with Gasteiger partial charge in [-0.25, -0.2) is 4.39 Å². The summed E-state index contributed by atoms with van der Waals surface area (Å²) in [5.74, 6) is 0.247. The minimum Gasteiger partial charge on any atom is -0.497 e. The third-order valence-electron chi connectivity index (χ3n) is 3.86. The van der Waals surface area contributed by atoms with Gasteiger partial charge in [-0.3, -0.25) is 4.79 Å². The molecule has 1 amide bonds. The van der Waals surface area contributed by atoms with Crippen molar-refractivity contribution in [3.63, 3.8) is 0 Å². The third-order valence-corrected chi connectivity index (χ3v) is 4.73. The van der Waals surface area contributed by atoms with Gasteiger partial charge in [-0.05, 0) is 42.5 Å². The number of hydrogen-bond acceptors (Lipinski definition) is 4. The molecule has 2 rings (SSSR count). The molecule has 0 saturated heterocycles. The van der Waals surface area contributed by atoms with Crippen molar-refractivity contribution >= 4 is 63.7 Å². The van der Waals surface area contributed by atoms with Crippen molar-refractivity contribution in [2.75, 3.05) is 19.5 Å². The number of anilines is 1. The average molecular weight is 495 g/mol. The van der Waals surface area contributed by atoms with E-state index >= 15 is 0 Å². The molecule has 1 atom stereocenters. The maximum Gasteiger partial charge on any atom is 0.228 e. The van der Waals surface area contributed by atoms with E-state index in [4.69, 9.17) is 56.5 Å². The van der Waals surface area contributed by atoms with Crippen LogP contribution in [0, 0.1) is 5.82 Å². The molecule has 30 heavy (non-hydrogen) atoms. The summed E-state index contributed by atoms with van der Waals surface area (Å²) in [5.41, 5.74) is 1.14. The molecule has 0 radical (unpaired) electrons. The minimum absolute atomic E-state index is 0.0375. The van der Waals surface area contributed by atoms with Gasteiger partial charge in [0.15, 0.2) is 5.11 Å². The van der Waals surface area contributed by atoms with Crippen molar-refractivity contribution in [3.05, 3.63) is 53.8 Å². The number of hydrogen-bond donors (Lipinski definition) is 3. The number of rotatable bonds is 7. The van der Waals surface area contributed by atoms with Crippen LogP contribution < -0.4 is 25.4 Å². The van der Waals surface area contributed by atoms with Gasteiger partial charge in [-0.1, -0.05) is 40.9 Å². The highest BCUT2D eigenvalue weighted by Crippen LogP contribution is 2.30. The van der Waals surface area contributed by atoms with E-state index in [0.29, 0.717) is 22.7 Å². The molecule has 0 spiro atoms. The third kappa shape index (κ3) is 7.36. The normalized spacial score (nSPS) is 11.9. The second-order valence-electron chi connectivity index (χ2n) is 6.00. The van der Waals surface area contributed by atoms with E-state index in [1.165, 1.54) is 38.5 Å². The Balaban J connectivity index is 2.04. The summed E-state index contributed by atoms with van der Waals surface area (Å²) >= 11 is 23.1. The first kappa shape index (κ1) is 24.3. The van der Waals surface area contributed by atoms with E-state index < -0.39 is 15.9 Å². The van der Waals surface area contributed by atoms with Gasteiger partial charge >= 0.3 is 0 Å². The van der Waals surface area contributed by atoms with Gasteiger partial charge in [-0.15, -0.1) is 0 Å². The highest BCUT2D eigenvalue weighted by molar-refractivity contribution is 7.80. The summed E-state index contributed by atoms with van der Waals surface area (Å²) in [7, 11) is 3.02. The van der Waals surface area contributed by atoms with Crippen molar-refractivity contribution in [1.29, 1.82) is 0 Å². The van der Waals surface area contributed by atoms with Gasteiger partial charge in [-0.2, -0.15) is 0 Å². The number of amides is 1. The first-order valence-electron chi connectivity index (χ1n) is 8.52. The van der Waals surface area contributed by atoms with Gasteiger partial charge in [0.05, 0.1) is 20.6 Å². The fourth-order valence-electron chi connectivity index (χ4n) is 2.41. The lowest BCUT2D eigenvalue weighted by Gasteiger charge is -2.28. The van der Waals surface area contributed by atoms with E-state index in [-0.39, 0.29) is 17.4 Å². The fraction of sp³-hybridized carbons (Fsp3) is 0.263. The van der Waals surface area contributed by atoms with Crippen molar-refractivity contribution < 1.29 is 18.7 Å². The van der Waals surface area contributed by atoms with E-state index in [0.717, 1.165) is 0 Å². The molecular formula is C19H19Cl3FN3O3S. The van der Waals surface area contributed by atoms with Crippen LogP contribution in [0.25, 0.3) is 0 Å². The second kappa shape index (κ2) is 10.9. The number of carbonyl (C=O) groups excluding carboxylic acids is 1. The molecule has 2 aromatic carbocycles. The zero-order chi connectivity index (χ0) is 22.3. The molecule has 0 fully saturated rings. The molecule has 11 heteroatoms. The molecule has 1 unspecified atom stereocenters. The SMILES string of the molecule is COc1ccc(CC(=O)NC(NC(=S)Nc2ccc(F)cc2)C(Cl)(Cl)Cl)c(OC)c1. The molecular weight excluding hydrogens is 476 g/mol. The summed E-state index contributed by atoms with van der Waals surface area (Å²) in [6.45, 7) is 0. The number of ether oxygens (including phenoxy) is 2. The Hall–Kier alpha value is -2.00. The van der Waals surface area contributed by atoms with Crippen LogP contribution >= 0.6 is 47.0 Å². The Bertz CT molecular complexity index is 895. The molecule has 2 aromatic rings. The van der Waals surface area contributed by atoms with Gasteiger partial charge in [0, 0.05) is 17.3 Å². The van der Waals surface area contributed by atoms with Crippen LogP contribution in [-0.2, 0) is 11.2 Å². The molecule has 0 aliphatic heterocycles. The molecule has 3 N–H and O–H groups in total. The summed E-state index contributed by atoms with van der Waals surface area (Å²) in [5, 5.41) is 8.21. The van der Waals surface area contributed by atoms with E-state index in [1.54, 1.807) is 18.2 Å². The second-order valence-corrected chi connectivity index (χ2v) is 8.78. The zero-order valence-electron chi connectivity index (χ0n) is 16.0. The monoisotopic (exact) mass is 493 g/mol. The topological polar surface area (TPSA) is 71.6 Å². The van der Waals surface area contributed by atoms with Crippen LogP contribution in [0.2, 0.25) is 0 Å². The number of thiocarbonyl (C=S) groups is 1. The lowest BCUT2D eigenvalue weighted by molar-refractivity contribution is -0.121. The van der Waals surface area contributed by atoms with E-state index in [2.05, 4.69) is 16.0 Å². The molecule has 6 nitrogen and oxygen atoms in total. The van der Waals surface area contributed by atoms with Crippen LogP contribution in [-0.4, -0.2) is 35.2 Å². The molecule has 0 aliphatic carbocycles. The largest absolute Gasteiger partial charge is 0.497 e. The van der Waals surface area contributed by atoms with Gasteiger partial charge < -0.3 is 25.4 Å². The maximum atomic E-state index is 13.0. The standard InChI is InChI=1S/C19H19Cl3FN3O3S/c1-28-14-8-3-11(15(10-14)29-2)9-16(27)25-17(19(20,21)22)26-18(30)24-13-6-4-12(23)5-7-13/h3-8,10,17H,9H2,1-2H3,(H,25,27)(H2,24,26,30). The molecule has 162 valence electrons. The quantitative estimate of drug-likeness (QED) is 0.305. The zero-order valence-corrected chi connectivity index (χ0v) is 19.1. The Labute approximate surface area is 194 Å². The number of carbonyl (C=O) groups is 1. The minimum atomic E-state index is -1.91. The average Bonchev–Trinajstić information content (AvgIpc) is 2.68. The summed E-state index contributed by atoms with van der Waals surface area (Å²) in [4.78, 5) is 12.6. The van der Waals surface area contributed by atoms with Crippen molar-refractivity contribution in [3.8, 4) is 11.5 Å². The van der Waals surface area contributed by atoms with Gasteiger partial charge in [0.1, 0.15) is 23.5 Å². The molecule has 0 bridgehead atoms. The van der Waals surface area contributed by atoms with Crippen molar-refractivity contribution in [1.82, 2.24) is 10.6 Å². The number of nitrogens with one attached hydrogen (secondary N) is 3. The Morgan fingerprint density at radius 2 is 1.77 bits per heavy atom. The van der Waals surface area contributed by atoms with Crippen LogP contribution in [0.1, 0.15) is 5.56 Å². The number of benzene rings is 2. The predicted octanol–water partition coefficient (Wildman–Crippen LogP) is 4.18. The van der Waals surface area contributed by atoms with Gasteiger partial charge in [0.2, 0.25) is 9.70 Å². The van der Waals surface area contributed by atoms with Crippen LogP contribution in [0.3, 0.4) is 0 Å². The van der Waals surface area contributed by atoms with Gasteiger partial charge in [0.25, 0.3) is 0 Å². The predicted molar refractivity (Wildman–Crippen MR) is 121 cm³/mol. The number of alkyl halides is 3. The molecule has 0 aliphatic rings. The molecule has 0 aromatic heterocycles. The highest BCUT2D eigenvalue weighted by atomic mass is 35.6. The van der Waals surface area contributed by atoms with Crippen molar-refractivity contribution in [2.24, 2.45) is 0 Å². The van der Waals surface area contributed by atoms with Crippen LogP contribution in [0.4, 0.5) is 10.1 Å². The van der Waals surface area contributed by atoms with E-state index in [1.807, 2.05) is 0 Å². The van der Waals surface area contributed by atoms with Crippen LogP contribution in [0.15, 0.2) is 42.5 Å².